The van der Waals surface area contributed by atoms with Crippen LogP contribution in [0.2, 0.25) is 0 Å². The highest BCUT2D eigenvalue weighted by Crippen LogP contribution is 2.30. The van der Waals surface area contributed by atoms with Gasteiger partial charge in [0.1, 0.15) is 11.5 Å². The first-order valence-corrected chi connectivity index (χ1v) is 8.92. The number of rotatable bonds is 6. The van der Waals surface area contributed by atoms with Crippen LogP contribution in [-0.4, -0.2) is 31.9 Å². The van der Waals surface area contributed by atoms with E-state index >= 15 is 0 Å². The van der Waals surface area contributed by atoms with E-state index in [0.717, 1.165) is 55.3 Å². The predicted octanol–water partition coefficient (Wildman–Crippen LogP) is 3.79. The lowest BCUT2D eigenvalue weighted by atomic mass is 9.96. The van der Waals surface area contributed by atoms with Gasteiger partial charge in [0, 0.05) is 30.4 Å². The highest BCUT2D eigenvalue weighted by atomic mass is 16.5. The summed E-state index contributed by atoms with van der Waals surface area (Å²) in [5.74, 6) is 2.36. The highest BCUT2D eigenvalue weighted by Gasteiger charge is 2.22. The van der Waals surface area contributed by atoms with Gasteiger partial charge < -0.3 is 19.5 Å². The molecule has 0 amide bonds. The average molecular weight is 341 g/mol. The Morgan fingerprint density at radius 3 is 2.56 bits per heavy atom. The van der Waals surface area contributed by atoms with Crippen molar-refractivity contribution < 1.29 is 14.6 Å². The van der Waals surface area contributed by atoms with Gasteiger partial charge in [-0.2, -0.15) is 0 Å². The van der Waals surface area contributed by atoms with Gasteiger partial charge in [-0.1, -0.05) is 18.2 Å². The molecule has 1 saturated heterocycles. The molecule has 1 fully saturated rings. The third-order valence-corrected chi connectivity index (χ3v) is 4.89. The van der Waals surface area contributed by atoms with E-state index in [1.165, 1.54) is 5.56 Å². The van der Waals surface area contributed by atoms with Crippen LogP contribution in [0.25, 0.3) is 0 Å². The van der Waals surface area contributed by atoms with Crippen LogP contribution in [0.3, 0.4) is 0 Å². The second-order valence-corrected chi connectivity index (χ2v) is 6.71. The van der Waals surface area contributed by atoms with Crippen LogP contribution >= 0.6 is 0 Å². The minimum atomic E-state index is 0.0513. The molecule has 4 heteroatoms. The van der Waals surface area contributed by atoms with Crippen molar-refractivity contribution in [2.75, 3.05) is 31.7 Å². The maximum atomic E-state index is 9.61. The van der Waals surface area contributed by atoms with Crippen LogP contribution in [0.4, 0.5) is 5.69 Å². The Morgan fingerprint density at radius 2 is 1.88 bits per heavy atom. The van der Waals surface area contributed by atoms with E-state index < -0.39 is 0 Å². The summed E-state index contributed by atoms with van der Waals surface area (Å²) in [5.41, 5.74) is 3.26. The fraction of sp³-hybridized carbons (Fsp3) is 0.429. The maximum Gasteiger partial charge on any atom is 0.120 e. The number of aryl methyl sites for hydroxylation is 1. The molecule has 134 valence electrons. The molecule has 0 aliphatic carbocycles. The maximum absolute atomic E-state index is 9.61. The van der Waals surface area contributed by atoms with Gasteiger partial charge in [0.05, 0.1) is 20.3 Å². The molecule has 1 aliphatic heterocycles. The first-order valence-electron chi connectivity index (χ1n) is 8.92. The molecule has 4 nitrogen and oxygen atoms in total. The molecule has 3 rings (SSSR count). The Kier molecular flexibility index (Phi) is 5.82. The van der Waals surface area contributed by atoms with Gasteiger partial charge in [0.25, 0.3) is 0 Å². The van der Waals surface area contributed by atoms with Crippen molar-refractivity contribution in [1.29, 1.82) is 0 Å². The van der Waals surface area contributed by atoms with Crippen LogP contribution < -0.4 is 14.4 Å². The molecule has 2 aromatic rings. The van der Waals surface area contributed by atoms with Crippen LogP contribution in [0.15, 0.2) is 42.5 Å². The lowest BCUT2D eigenvalue weighted by Crippen LogP contribution is -2.36. The Balaban J connectivity index is 1.57. The summed E-state index contributed by atoms with van der Waals surface area (Å²) < 4.78 is 11.3. The molecule has 1 N–H and O–H groups in total. The fourth-order valence-corrected chi connectivity index (χ4v) is 3.36. The molecule has 2 aromatic carbocycles. The summed E-state index contributed by atoms with van der Waals surface area (Å²) in [6.07, 6.45) is 2.18. The minimum Gasteiger partial charge on any atom is -0.497 e. The first-order chi connectivity index (χ1) is 12.2. The smallest absolute Gasteiger partial charge is 0.120 e. The number of anilines is 1. The Bertz CT molecular complexity index is 693. The van der Waals surface area contributed by atoms with Gasteiger partial charge in [-0.3, -0.25) is 0 Å². The van der Waals surface area contributed by atoms with Gasteiger partial charge in [-0.25, -0.2) is 0 Å². The summed E-state index contributed by atoms with van der Waals surface area (Å²) in [5, 5.41) is 9.61. The van der Waals surface area contributed by atoms with E-state index in [1.807, 2.05) is 30.3 Å². The van der Waals surface area contributed by atoms with Crippen molar-refractivity contribution in [1.82, 2.24) is 0 Å². The first kappa shape index (κ1) is 17.6. The van der Waals surface area contributed by atoms with E-state index in [2.05, 4.69) is 24.0 Å². The Hall–Kier alpha value is -2.20. The number of hydrogen-bond donors (Lipinski definition) is 1. The monoisotopic (exact) mass is 341 g/mol. The number of hydrogen-bond acceptors (Lipinski definition) is 4. The van der Waals surface area contributed by atoms with Crippen LogP contribution in [-0.2, 0) is 6.61 Å². The lowest BCUT2D eigenvalue weighted by molar-refractivity contribution is 0.222. The lowest BCUT2D eigenvalue weighted by Gasteiger charge is -2.34. The van der Waals surface area contributed by atoms with Crippen molar-refractivity contribution >= 4 is 5.69 Å². The molecule has 1 aliphatic rings. The summed E-state index contributed by atoms with van der Waals surface area (Å²) in [4.78, 5) is 2.34. The largest absolute Gasteiger partial charge is 0.497 e. The number of benzene rings is 2. The van der Waals surface area contributed by atoms with Crippen molar-refractivity contribution in [3.05, 3.63) is 53.6 Å². The fourth-order valence-electron chi connectivity index (χ4n) is 3.36. The quantitative estimate of drug-likeness (QED) is 0.868. The minimum absolute atomic E-state index is 0.0513. The zero-order valence-corrected chi connectivity index (χ0v) is 15.1. The SMILES string of the molecule is COc1ccc(CO)c(N2CCC(COc3cccc(C)c3)CC2)c1. The normalized spacial score (nSPS) is 15.2. The summed E-state index contributed by atoms with van der Waals surface area (Å²) in [7, 11) is 1.67. The van der Waals surface area contributed by atoms with Crippen molar-refractivity contribution in [2.24, 2.45) is 5.92 Å². The summed E-state index contributed by atoms with van der Waals surface area (Å²) in [6.45, 7) is 4.85. The topological polar surface area (TPSA) is 41.9 Å². The van der Waals surface area contributed by atoms with Crippen molar-refractivity contribution in [2.45, 2.75) is 26.4 Å². The molecule has 0 saturated carbocycles. The number of ether oxygens (including phenoxy) is 2. The van der Waals surface area contributed by atoms with E-state index in [4.69, 9.17) is 9.47 Å². The zero-order valence-electron chi connectivity index (χ0n) is 15.1. The van der Waals surface area contributed by atoms with E-state index in [1.54, 1.807) is 7.11 Å². The third-order valence-electron chi connectivity index (χ3n) is 4.89. The molecule has 25 heavy (non-hydrogen) atoms. The summed E-state index contributed by atoms with van der Waals surface area (Å²) in [6, 6.07) is 14.1. The van der Waals surface area contributed by atoms with Crippen LogP contribution in [0, 0.1) is 12.8 Å². The van der Waals surface area contributed by atoms with Crippen molar-refractivity contribution in [3.63, 3.8) is 0 Å². The number of methoxy groups -OCH3 is 1. The Morgan fingerprint density at radius 1 is 1.08 bits per heavy atom. The second-order valence-electron chi connectivity index (χ2n) is 6.71. The molecular formula is C21H27NO3. The third kappa shape index (κ3) is 4.45. The molecule has 1 heterocycles. The molecule has 0 bridgehead atoms. The van der Waals surface area contributed by atoms with E-state index in [-0.39, 0.29) is 6.61 Å². The highest BCUT2D eigenvalue weighted by molar-refractivity contribution is 5.57. The molecule has 0 spiro atoms. The molecule has 0 radical (unpaired) electrons. The molecule has 0 unspecified atom stereocenters. The summed E-state index contributed by atoms with van der Waals surface area (Å²) >= 11 is 0. The van der Waals surface area contributed by atoms with Crippen molar-refractivity contribution in [3.8, 4) is 11.5 Å². The number of aliphatic hydroxyl groups excluding tert-OH is 1. The average Bonchev–Trinajstić information content (AvgIpc) is 2.66. The standard InChI is InChI=1S/C21H27NO3/c1-16-4-3-5-20(12-16)25-15-17-8-10-22(11-9-17)21-13-19(24-2)7-6-18(21)14-23/h3-7,12-13,17,23H,8-11,14-15H2,1-2H3. The van der Waals surface area contributed by atoms with E-state index in [9.17, 15) is 5.11 Å². The van der Waals surface area contributed by atoms with Crippen LogP contribution in [0.1, 0.15) is 24.0 Å². The van der Waals surface area contributed by atoms with E-state index in [0.29, 0.717) is 5.92 Å². The van der Waals surface area contributed by atoms with Gasteiger partial charge in [0.15, 0.2) is 0 Å². The predicted molar refractivity (Wildman–Crippen MR) is 101 cm³/mol. The molecule has 0 atom stereocenters. The Labute approximate surface area is 150 Å². The number of piperidine rings is 1. The van der Waals surface area contributed by atoms with Gasteiger partial charge in [-0.15, -0.1) is 0 Å². The van der Waals surface area contributed by atoms with Gasteiger partial charge >= 0.3 is 0 Å². The van der Waals surface area contributed by atoms with Gasteiger partial charge in [0.2, 0.25) is 0 Å². The second kappa shape index (κ2) is 8.26. The van der Waals surface area contributed by atoms with Crippen LogP contribution in [0.5, 0.6) is 11.5 Å². The zero-order chi connectivity index (χ0) is 17.6. The van der Waals surface area contributed by atoms with Gasteiger partial charge in [-0.05, 0) is 49.4 Å². The molecular weight excluding hydrogens is 314 g/mol. The molecule has 0 aromatic heterocycles. The number of nitrogens with zero attached hydrogens (tertiary/aromatic N) is 1. The number of aliphatic hydroxyl groups is 1.